The van der Waals surface area contributed by atoms with Crippen LogP contribution in [0.25, 0.3) is 0 Å². The summed E-state index contributed by atoms with van der Waals surface area (Å²) in [5.41, 5.74) is -0.283. The van der Waals surface area contributed by atoms with Gasteiger partial charge in [-0.05, 0) is 0 Å². The predicted octanol–water partition coefficient (Wildman–Crippen LogP) is -1.10. The molecule has 4 N–H and O–H groups in total. The summed E-state index contributed by atoms with van der Waals surface area (Å²) in [6.07, 6.45) is 0.0249. The number of hydrogen-bond acceptors (Lipinski definition) is 4. The summed E-state index contributed by atoms with van der Waals surface area (Å²) < 4.78 is 46.2. The summed E-state index contributed by atoms with van der Waals surface area (Å²) >= 11 is -0.162. The average molecular weight is 375 g/mol. The van der Waals surface area contributed by atoms with Crippen LogP contribution < -0.4 is 32.9 Å². The molecule has 1 aromatic rings. The first-order chi connectivity index (χ1) is 10.2. The van der Waals surface area contributed by atoms with Gasteiger partial charge in [0.1, 0.15) is 11.5 Å². The number of anilines is 1. The molecule has 132 valence electrons. The minimum Gasteiger partial charge on any atom is -1.00 e. The molecule has 0 aliphatic rings. The highest BCUT2D eigenvalue weighted by molar-refractivity contribution is 8.00. The molecule has 10 heteroatoms. The monoisotopic (exact) mass is 374 g/mol. The molecule has 0 radical (unpaired) electrons. The van der Waals surface area contributed by atoms with Crippen LogP contribution >= 0.6 is 11.8 Å². The van der Waals surface area contributed by atoms with Crippen molar-refractivity contribution in [2.45, 2.75) is 18.0 Å². The van der Waals surface area contributed by atoms with E-state index in [1.165, 1.54) is 14.2 Å². The highest BCUT2D eigenvalue weighted by Crippen LogP contribution is 2.30. The fourth-order valence-corrected chi connectivity index (χ4v) is 2.21. The van der Waals surface area contributed by atoms with Gasteiger partial charge in [0.2, 0.25) is 0 Å². The maximum atomic E-state index is 12.0. The van der Waals surface area contributed by atoms with Crippen LogP contribution in [0.2, 0.25) is 0 Å². The zero-order valence-corrected chi connectivity index (χ0v) is 14.1. The highest BCUT2D eigenvalue weighted by Gasteiger charge is 2.29. The number of ether oxygens (including phenoxy) is 2. The Morgan fingerprint density at radius 2 is 1.78 bits per heavy atom. The van der Waals surface area contributed by atoms with E-state index in [4.69, 9.17) is 9.47 Å². The topological polar surface area (TPSA) is 75.2 Å². The van der Waals surface area contributed by atoms with Crippen LogP contribution in [-0.4, -0.2) is 37.4 Å². The van der Waals surface area contributed by atoms with E-state index < -0.39 is 17.5 Å². The molecule has 0 aliphatic carbocycles. The number of rotatable bonds is 7. The second-order valence-electron chi connectivity index (χ2n) is 4.37. The summed E-state index contributed by atoms with van der Waals surface area (Å²) in [5, 5.41) is 2.59. The number of amides is 1. The second kappa shape index (κ2) is 9.74. The Morgan fingerprint density at radius 1 is 1.26 bits per heavy atom. The molecule has 0 fully saturated rings. The normalized spacial score (nSPS) is 12.1. The third-order valence-electron chi connectivity index (χ3n) is 2.72. The Hall–Kier alpha value is -1.32. The molecule has 1 atom stereocenters. The van der Waals surface area contributed by atoms with Crippen molar-refractivity contribution in [1.82, 2.24) is 0 Å². The lowest BCUT2D eigenvalue weighted by atomic mass is 10.2. The van der Waals surface area contributed by atoms with Gasteiger partial charge in [-0.2, -0.15) is 13.2 Å². The smallest absolute Gasteiger partial charge is 0.441 e. The van der Waals surface area contributed by atoms with E-state index in [9.17, 15) is 18.0 Å². The minimum absolute atomic E-state index is 0. The molecule has 0 saturated heterocycles. The predicted molar refractivity (Wildman–Crippen MR) is 78.0 cm³/mol. The first-order valence-electron chi connectivity index (χ1n) is 6.33. The van der Waals surface area contributed by atoms with Crippen molar-refractivity contribution in [1.29, 1.82) is 0 Å². The zero-order chi connectivity index (χ0) is 16.8. The number of carbonyl (C=O) groups excluding carboxylic acids is 1. The van der Waals surface area contributed by atoms with Crippen molar-refractivity contribution in [3.63, 3.8) is 0 Å². The number of alkyl halides is 3. The molecule has 0 heterocycles. The standard InChI is InChI=1S/C13H17F3N2O3S.ClH/c1-20-9-5-8(6-10(7-9)21-2)18-12(19)11(17)3-4-22-13(14,15)16;/h5-7,11H,3-4,17H2,1-2H3,(H,18,19);1H/t11-;/m0./s1. The molecule has 0 aliphatic heterocycles. The van der Waals surface area contributed by atoms with Gasteiger partial charge in [-0.1, -0.05) is 11.8 Å². The van der Waals surface area contributed by atoms with Gasteiger partial charge in [-0.3, -0.25) is 4.79 Å². The summed E-state index contributed by atoms with van der Waals surface area (Å²) in [5.74, 6) is 0.302. The first-order valence-corrected chi connectivity index (χ1v) is 7.31. The lowest BCUT2D eigenvalue weighted by molar-refractivity contribution is -0.402. The number of carbonyl (C=O) groups is 1. The van der Waals surface area contributed by atoms with Crippen LogP contribution in [0, 0.1) is 0 Å². The molecule has 5 nitrogen and oxygen atoms in total. The fourth-order valence-electron chi connectivity index (χ4n) is 1.57. The summed E-state index contributed by atoms with van der Waals surface area (Å²) in [6.45, 7) is 0. The van der Waals surface area contributed by atoms with E-state index >= 15 is 0 Å². The summed E-state index contributed by atoms with van der Waals surface area (Å²) in [6, 6.07) is 4.01. The molecular weight excluding hydrogens is 357 g/mol. The molecule has 0 spiro atoms. The number of methoxy groups -OCH3 is 2. The second-order valence-corrected chi connectivity index (χ2v) is 5.53. The van der Waals surface area contributed by atoms with Gasteiger partial charge >= 0.3 is 5.51 Å². The van der Waals surface area contributed by atoms with Crippen molar-refractivity contribution < 1.29 is 45.6 Å². The van der Waals surface area contributed by atoms with Crippen molar-refractivity contribution >= 4 is 23.4 Å². The van der Waals surface area contributed by atoms with Crippen LogP contribution in [0.4, 0.5) is 18.9 Å². The Labute approximate surface area is 142 Å². The number of halogens is 4. The van der Waals surface area contributed by atoms with Crippen molar-refractivity contribution in [2.75, 3.05) is 25.3 Å². The average Bonchev–Trinajstić information content (AvgIpc) is 2.45. The number of quaternary nitrogens is 1. The van der Waals surface area contributed by atoms with E-state index in [0.717, 1.165) is 0 Å². The number of hydrogen-bond donors (Lipinski definition) is 2. The highest BCUT2D eigenvalue weighted by atomic mass is 35.5. The molecule has 0 bridgehead atoms. The SMILES string of the molecule is COc1cc(NC(=O)[C@@H]([NH3+])CCSC(F)(F)F)cc(OC)c1.[Cl-]. The molecule has 1 amide bonds. The third-order valence-corrected chi connectivity index (χ3v) is 3.49. The quantitative estimate of drug-likeness (QED) is 0.635. The molecule has 0 unspecified atom stereocenters. The van der Waals surface area contributed by atoms with Crippen molar-refractivity contribution in [3.05, 3.63) is 18.2 Å². The maximum Gasteiger partial charge on any atom is 0.441 e. The van der Waals surface area contributed by atoms with E-state index in [1.807, 2.05) is 0 Å². The lowest BCUT2D eigenvalue weighted by Gasteiger charge is -2.12. The number of benzene rings is 1. The van der Waals surface area contributed by atoms with Gasteiger partial charge in [-0.25, -0.2) is 0 Å². The number of thioether (sulfide) groups is 1. The minimum atomic E-state index is -4.30. The van der Waals surface area contributed by atoms with E-state index in [2.05, 4.69) is 11.1 Å². The van der Waals surface area contributed by atoms with E-state index in [-0.39, 0.29) is 36.3 Å². The Kier molecular flexibility index (Phi) is 9.18. The zero-order valence-electron chi connectivity index (χ0n) is 12.6. The summed E-state index contributed by atoms with van der Waals surface area (Å²) in [7, 11) is 2.94. The van der Waals surface area contributed by atoms with Crippen LogP contribution in [-0.2, 0) is 4.79 Å². The first kappa shape index (κ1) is 21.7. The van der Waals surface area contributed by atoms with E-state index in [0.29, 0.717) is 17.2 Å². The van der Waals surface area contributed by atoms with Crippen LogP contribution in [0.3, 0.4) is 0 Å². The fraction of sp³-hybridized carbons (Fsp3) is 0.462. The van der Waals surface area contributed by atoms with Crippen molar-refractivity contribution in [3.8, 4) is 11.5 Å². The van der Waals surface area contributed by atoms with Gasteiger partial charge in [0.15, 0.2) is 6.04 Å². The Morgan fingerprint density at radius 3 is 2.22 bits per heavy atom. The van der Waals surface area contributed by atoms with Crippen LogP contribution in [0.1, 0.15) is 6.42 Å². The molecule has 23 heavy (non-hydrogen) atoms. The molecule has 0 aromatic heterocycles. The van der Waals surface area contributed by atoms with Gasteiger partial charge in [0.25, 0.3) is 5.91 Å². The largest absolute Gasteiger partial charge is 1.00 e. The third kappa shape index (κ3) is 8.19. The van der Waals surface area contributed by atoms with Gasteiger partial charge in [0.05, 0.1) is 14.2 Å². The Balaban J connectivity index is 0.00000484. The molecule has 1 aromatic carbocycles. The molecule has 1 rings (SSSR count). The van der Waals surface area contributed by atoms with Crippen molar-refractivity contribution in [2.24, 2.45) is 0 Å². The number of nitrogens with one attached hydrogen (secondary N) is 1. The van der Waals surface area contributed by atoms with Crippen LogP contribution in [0.5, 0.6) is 11.5 Å². The van der Waals surface area contributed by atoms with Crippen LogP contribution in [0.15, 0.2) is 18.2 Å². The summed E-state index contributed by atoms with van der Waals surface area (Å²) in [4.78, 5) is 11.9. The Bertz CT molecular complexity index is 495. The maximum absolute atomic E-state index is 12.0. The van der Waals surface area contributed by atoms with E-state index in [1.54, 1.807) is 18.2 Å². The molecule has 0 saturated carbocycles. The molecular formula is C13H18ClF3N2O3S. The van der Waals surface area contributed by atoms with Gasteiger partial charge in [-0.15, -0.1) is 0 Å². The van der Waals surface area contributed by atoms with Gasteiger partial charge < -0.3 is 32.9 Å². The van der Waals surface area contributed by atoms with Gasteiger partial charge in [0, 0.05) is 36.1 Å². The lowest BCUT2D eigenvalue weighted by Crippen LogP contribution is -3.00.